The molecule has 0 bridgehead atoms. The van der Waals surface area contributed by atoms with E-state index in [-0.39, 0.29) is 18.1 Å². The smallest absolute Gasteiger partial charge is 0.334 e. The van der Waals surface area contributed by atoms with E-state index in [9.17, 15) is 14.5 Å². The Morgan fingerprint density at radius 3 is 2.31 bits per heavy atom. The number of aryl methyl sites for hydroxylation is 1. The summed E-state index contributed by atoms with van der Waals surface area (Å²) in [6, 6.07) is 12.7. The minimum absolute atomic E-state index is 0.0525. The highest BCUT2D eigenvalue weighted by Crippen LogP contribution is 2.35. The van der Waals surface area contributed by atoms with Gasteiger partial charge in [0, 0.05) is 5.56 Å². The second-order valence-corrected chi connectivity index (χ2v) is 6.53. The Hall–Kier alpha value is -3.55. The molecule has 0 fully saturated rings. The summed E-state index contributed by atoms with van der Waals surface area (Å²) in [4.78, 5) is 37.2. The molecule has 0 aromatic heterocycles. The third-order valence-electron chi connectivity index (χ3n) is 4.70. The number of hydrazone groups is 1. The van der Waals surface area contributed by atoms with Crippen molar-refractivity contribution in [1.82, 2.24) is 5.12 Å². The van der Waals surface area contributed by atoms with Gasteiger partial charge >= 0.3 is 5.97 Å². The number of ketones is 1. The second kappa shape index (κ2) is 8.64. The number of methoxy groups -OCH3 is 1. The molecule has 150 valence electrons. The Balaban J connectivity index is 2.07. The van der Waals surface area contributed by atoms with E-state index in [0.717, 1.165) is 5.56 Å². The highest BCUT2D eigenvalue weighted by molar-refractivity contribution is 6.48. The van der Waals surface area contributed by atoms with E-state index < -0.39 is 17.9 Å². The van der Waals surface area contributed by atoms with Gasteiger partial charge in [-0.3, -0.25) is 4.79 Å². The number of nitroso groups, excluding NO2 is 1. The minimum Gasteiger partial charge on any atom is -0.497 e. The van der Waals surface area contributed by atoms with E-state index in [0.29, 0.717) is 22.0 Å². The molecule has 2 unspecified atom stereocenters. The van der Waals surface area contributed by atoms with Crippen molar-refractivity contribution in [2.24, 2.45) is 10.4 Å². The quantitative estimate of drug-likeness (QED) is 0.405. The summed E-state index contributed by atoms with van der Waals surface area (Å²) in [6.07, 6.45) is 0. The van der Waals surface area contributed by atoms with Crippen LogP contribution in [0.4, 0.5) is 0 Å². The molecule has 0 amide bonds. The van der Waals surface area contributed by atoms with E-state index >= 15 is 0 Å². The number of ether oxygens (including phenoxy) is 2. The monoisotopic (exact) mass is 395 g/mol. The van der Waals surface area contributed by atoms with Crippen molar-refractivity contribution in [1.29, 1.82) is 0 Å². The molecule has 1 aliphatic heterocycles. The van der Waals surface area contributed by atoms with Crippen LogP contribution < -0.4 is 4.74 Å². The van der Waals surface area contributed by atoms with Gasteiger partial charge in [0.15, 0.2) is 6.04 Å². The number of Topliss-reactive ketones (excluding diaryl/α,β-unsaturated/α-hetero) is 1. The van der Waals surface area contributed by atoms with Gasteiger partial charge in [-0.25, -0.2) is 4.79 Å². The average Bonchev–Trinajstić information content (AvgIpc) is 3.14. The highest BCUT2D eigenvalue weighted by atomic mass is 16.5. The predicted molar refractivity (Wildman–Crippen MR) is 107 cm³/mol. The highest BCUT2D eigenvalue weighted by Gasteiger charge is 2.47. The first-order valence-electron chi connectivity index (χ1n) is 9.13. The van der Waals surface area contributed by atoms with Gasteiger partial charge in [-0.15, -0.1) is 10.0 Å². The van der Waals surface area contributed by atoms with Crippen LogP contribution in [0.15, 0.2) is 58.9 Å². The summed E-state index contributed by atoms with van der Waals surface area (Å²) in [5.74, 6) is -1.26. The number of carbonyl (C=O) groups is 2. The van der Waals surface area contributed by atoms with Crippen LogP contribution in [0.5, 0.6) is 5.75 Å². The maximum Gasteiger partial charge on any atom is 0.334 e. The summed E-state index contributed by atoms with van der Waals surface area (Å²) < 4.78 is 10.3. The van der Waals surface area contributed by atoms with Crippen LogP contribution in [0.3, 0.4) is 0 Å². The largest absolute Gasteiger partial charge is 0.497 e. The summed E-state index contributed by atoms with van der Waals surface area (Å²) in [5.41, 5.74) is 2.08. The molecule has 0 N–H and O–H groups in total. The van der Waals surface area contributed by atoms with Crippen LogP contribution in [0.2, 0.25) is 0 Å². The summed E-state index contributed by atoms with van der Waals surface area (Å²) >= 11 is 0. The number of benzene rings is 2. The Labute approximate surface area is 168 Å². The number of esters is 1. The van der Waals surface area contributed by atoms with Gasteiger partial charge in [-0.05, 0) is 31.5 Å². The van der Waals surface area contributed by atoms with E-state index in [2.05, 4.69) is 10.4 Å². The molecule has 1 heterocycles. The summed E-state index contributed by atoms with van der Waals surface area (Å²) in [5, 5.41) is 7.64. The van der Waals surface area contributed by atoms with Crippen LogP contribution in [-0.4, -0.2) is 42.3 Å². The van der Waals surface area contributed by atoms with Crippen molar-refractivity contribution in [2.75, 3.05) is 13.7 Å². The van der Waals surface area contributed by atoms with Crippen LogP contribution in [0.25, 0.3) is 0 Å². The van der Waals surface area contributed by atoms with Crippen LogP contribution in [0, 0.1) is 11.8 Å². The molecule has 0 spiro atoms. The first-order valence-corrected chi connectivity index (χ1v) is 9.13. The van der Waals surface area contributed by atoms with E-state index in [1.54, 1.807) is 43.3 Å². The van der Waals surface area contributed by atoms with Crippen molar-refractivity contribution < 1.29 is 19.1 Å². The van der Waals surface area contributed by atoms with Crippen molar-refractivity contribution in [3.8, 4) is 5.75 Å². The molecule has 1 aliphatic rings. The zero-order valence-electron chi connectivity index (χ0n) is 16.4. The third-order valence-corrected chi connectivity index (χ3v) is 4.70. The first kappa shape index (κ1) is 20.2. The van der Waals surface area contributed by atoms with Crippen molar-refractivity contribution >= 4 is 17.5 Å². The third kappa shape index (κ3) is 4.01. The number of carbonyl (C=O) groups excluding carboxylic acids is 2. The van der Waals surface area contributed by atoms with Gasteiger partial charge in [0.2, 0.25) is 5.78 Å². The zero-order valence-corrected chi connectivity index (χ0v) is 16.4. The Bertz CT molecular complexity index is 938. The Morgan fingerprint density at radius 2 is 1.76 bits per heavy atom. The number of rotatable bonds is 7. The molecular formula is C21H21N3O5. The molecule has 8 nitrogen and oxygen atoms in total. The number of hydrogen-bond acceptors (Lipinski definition) is 7. The van der Waals surface area contributed by atoms with Gasteiger partial charge in [-0.1, -0.05) is 42.0 Å². The van der Waals surface area contributed by atoms with Crippen LogP contribution in [-0.2, 0) is 9.53 Å². The Kier molecular flexibility index (Phi) is 6.01. The topological polar surface area (TPSA) is 97.6 Å². The van der Waals surface area contributed by atoms with Crippen LogP contribution >= 0.6 is 0 Å². The lowest BCUT2D eigenvalue weighted by atomic mass is 9.85. The molecule has 8 heteroatoms. The van der Waals surface area contributed by atoms with E-state index in [4.69, 9.17) is 9.47 Å². The first-order chi connectivity index (χ1) is 14.0. The standard InChI is InChI=1S/C21H21N3O5/c1-4-29-21(26)19-17(14-9-11-16(28-3)12-10-14)18(22-24(19)23-27)20(25)15-7-5-13(2)6-8-15/h5-12,17,19H,4H2,1-3H3. The maximum absolute atomic E-state index is 13.2. The number of hydrogen-bond donors (Lipinski definition) is 0. The summed E-state index contributed by atoms with van der Waals surface area (Å²) in [6.45, 7) is 3.70. The molecule has 29 heavy (non-hydrogen) atoms. The molecule has 0 saturated carbocycles. The van der Waals surface area contributed by atoms with E-state index in [1.165, 1.54) is 7.11 Å². The normalized spacial score (nSPS) is 18.2. The lowest BCUT2D eigenvalue weighted by Gasteiger charge is -2.21. The minimum atomic E-state index is -1.16. The molecule has 3 rings (SSSR count). The van der Waals surface area contributed by atoms with Gasteiger partial charge in [0.25, 0.3) is 0 Å². The van der Waals surface area contributed by atoms with Crippen molar-refractivity contribution in [3.63, 3.8) is 0 Å². The molecule has 0 aliphatic carbocycles. The van der Waals surface area contributed by atoms with Crippen molar-refractivity contribution in [3.05, 3.63) is 70.1 Å². The molecule has 2 aromatic rings. The van der Waals surface area contributed by atoms with Gasteiger partial charge < -0.3 is 9.47 Å². The SMILES string of the molecule is CCOC(=O)C1C(c2ccc(OC)cc2)C(C(=O)c2ccc(C)cc2)=NN1N=O. The molecule has 0 saturated heterocycles. The van der Waals surface area contributed by atoms with Gasteiger partial charge in [0.1, 0.15) is 11.5 Å². The molecule has 2 aromatic carbocycles. The molecular weight excluding hydrogens is 374 g/mol. The zero-order chi connectivity index (χ0) is 21.0. The lowest BCUT2D eigenvalue weighted by molar-refractivity contribution is -0.149. The number of nitrogens with zero attached hydrogens (tertiary/aromatic N) is 3. The van der Waals surface area contributed by atoms with Gasteiger partial charge in [0.05, 0.1) is 24.9 Å². The van der Waals surface area contributed by atoms with Gasteiger partial charge in [-0.2, -0.15) is 5.10 Å². The lowest BCUT2D eigenvalue weighted by Crippen LogP contribution is -2.39. The average molecular weight is 395 g/mol. The fourth-order valence-electron chi connectivity index (χ4n) is 3.24. The van der Waals surface area contributed by atoms with Crippen LogP contribution in [0.1, 0.15) is 34.3 Å². The second-order valence-electron chi connectivity index (χ2n) is 6.53. The fourth-order valence-corrected chi connectivity index (χ4v) is 3.24. The predicted octanol–water partition coefficient (Wildman–Crippen LogP) is 3.25. The summed E-state index contributed by atoms with van der Waals surface area (Å²) in [7, 11) is 1.54. The maximum atomic E-state index is 13.2. The molecule has 0 radical (unpaired) electrons. The fraction of sp³-hybridized carbons (Fsp3) is 0.286. The van der Waals surface area contributed by atoms with Crippen molar-refractivity contribution in [2.45, 2.75) is 25.8 Å². The van der Waals surface area contributed by atoms with E-state index in [1.807, 2.05) is 19.1 Å². The Morgan fingerprint density at radius 1 is 1.10 bits per heavy atom. The molecule has 2 atom stereocenters.